The lowest BCUT2D eigenvalue weighted by Crippen LogP contribution is -2.37. The first kappa shape index (κ1) is 15.4. The van der Waals surface area contributed by atoms with Gasteiger partial charge in [-0.2, -0.15) is 0 Å². The maximum atomic E-state index is 12.5. The maximum Gasteiger partial charge on any atom is 0.253 e. The van der Waals surface area contributed by atoms with E-state index >= 15 is 0 Å². The first-order valence-corrected chi connectivity index (χ1v) is 7.91. The Labute approximate surface area is 135 Å². The molecule has 3 rings (SSSR count). The van der Waals surface area contributed by atoms with E-state index in [4.69, 9.17) is 15.0 Å². The Balaban J connectivity index is 1.59. The van der Waals surface area contributed by atoms with Crippen molar-refractivity contribution in [3.05, 3.63) is 41.6 Å². The van der Waals surface area contributed by atoms with E-state index < -0.39 is 0 Å². The van der Waals surface area contributed by atoms with Crippen molar-refractivity contribution >= 4 is 11.8 Å². The third-order valence-electron chi connectivity index (χ3n) is 4.16. The van der Waals surface area contributed by atoms with Crippen LogP contribution in [-0.4, -0.2) is 35.7 Å². The molecule has 1 aromatic carbocycles. The molecule has 1 aromatic heterocycles. The molecule has 1 aliphatic rings. The zero-order chi connectivity index (χ0) is 16.2. The van der Waals surface area contributed by atoms with E-state index in [-0.39, 0.29) is 5.91 Å². The van der Waals surface area contributed by atoms with Crippen LogP contribution in [0, 0.1) is 0 Å². The van der Waals surface area contributed by atoms with Crippen LogP contribution in [0.25, 0.3) is 0 Å². The summed E-state index contributed by atoms with van der Waals surface area (Å²) in [6.45, 7) is 3.98. The monoisotopic (exact) mass is 315 g/mol. The summed E-state index contributed by atoms with van der Waals surface area (Å²) in [5.74, 6) is 1.49. The van der Waals surface area contributed by atoms with E-state index in [0.717, 1.165) is 24.3 Å². The molecule has 0 radical (unpaired) electrons. The molecule has 1 saturated heterocycles. The number of nitrogens with two attached hydrogens (primary N) is 1. The van der Waals surface area contributed by atoms with Gasteiger partial charge in [-0.3, -0.25) is 4.79 Å². The van der Waals surface area contributed by atoms with Crippen molar-refractivity contribution in [1.29, 1.82) is 0 Å². The normalized spacial score (nSPS) is 15.6. The van der Waals surface area contributed by atoms with E-state index in [1.54, 1.807) is 6.07 Å². The van der Waals surface area contributed by atoms with Gasteiger partial charge in [0, 0.05) is 30.6 Å². The van der Waals surface area contributed by atoms with Crippen LogP contribution in [0.1, 0.15) is 41.7 Å². The molecular formula is C17H21N3O3. The van der Waals surface area contributed by atoms with Gasteiger partial charge >= 0.3 is 0 Å². The van der Waals surface area contributed by atoms with Crippen molar-refractivity contribution in [1.82, 2.24) is 10.1 Å². The summed E-state index contributed by atoms with van der Waals surface area (Å²) in [5, 5.41) is 3.98. The van der Waals surface area contributed by atoms with Crippen LogP contribution in [0.15, 0.2) is 34.9 Å². The molecule has 0 unspecified atom stereocenters. The highest BCUT2D eigenvalue weighted by molar-refractivity contribution is 5.94. The number of anilines is 1. The minimum Gasteiger partial charge on any atom is -0.494 e. The molecule has 0 saturated carbocycles. The number of likely N-dealkylation sites (tertiary alicyclic amines) is 1. The number of hydrogen-bond acceptors (Lipinski definition) is 5. The fraction of sp³-hybridized carbons (Fsp3) is 0.412. The molecule has 2 aromatic rings. The lowest BCUT2D eigenvalue weighted by atomic mass is 9.93. The summed E-state index contributed by atoms with van der Waals surface area (Å²) in [4.78, 5) is 14.4. The number of nitrogen functional groups attached to an aromatic ring is 1. The van der Waals surface area contributed by atoms with Crippen molar-refractivity contribution in [3.63, 3.8) is 0 Å². The molecule has 1 amide bonds. The molecule has 2 heterocycles. The Kier molecular flexibility index (Phi) is 4.50. The summed E-state index contributed by atoms with van der Waals surface area (Å²) in [5.41, 5.74) is 7.14. The van der Waals surface area contributed by atoms with Gasteiger partial charge in [0.25, 0.3) is 5.91 Å². The highest BCUT2D eigenvalue weighted by Gasteiger charge is 2.26. The molecule has 1 fully saturated rings. The summed E-state index contributed by atoms with van der Waals surface area (Å²) < 4.78 is 10.3. The number of piperidine rings is 1. The zero-order valence-corrected chi connectivity index (χ0v) is 13.2. The number of rotatable bonds is 4. The SMILES string of the molecule is CCOc1ccc(C(=O)N2CCC(c3cc(N)on3)CC2)cc1. The molecular weight excluding hydrogens is 294 g/mol. The molecule has 0 atom stereocenters. The first-order chi connectivity index (χ1) is 11.2. The Bertz CT molecular complexity index is 658. The van der Waals surface area contributed by atoms with E-state index in [0.29, 0.717) is 37.1 Å². The van der Waals surface area contributed by atoms with Crippen LogP contribution in [0.5, 0.6) is 5.75 Å². The molecule has 0 bridgehead atoms. The van der Waals surface area contributed by atoms with Crippen molar-refractivity contribution < 1.29 is 14.1 Å². The second-order valence-electron chi connectivity index (χ2n) is 5.68. The third-order valence-corrected chi connectivity index (χ3v) is 4.16. The molecule has 6 nitrogen and oxygen atoms in total. The summed E-state index contributed by atoms with van der Waals surface area (Å²) >= 11 is 0. The van der Waals surface area contributed by atoms with Gasteiger partial charge in [0.2, 0.25) is 5.88 Å². The number of nitrogens with zero attached hydrogens (tertiary/aromatic N) is 2. The predicted molar refractivity (Wildman–Crippen MR) is 86.4 cm³/mol. The molecule has 0 spiro atoms. The zero-order valence-electron chi connectivity index (χ0n) is 13.2. The smallest absolute Gasteiger partial charge is 0.253 e. The van der Waals surface area contributed by atoms with Crippen LogP contribution < -0.4 is 10.5 Å². The van der Waals surface area contributed by atoms with Gasteiger partial charge in [-0.1, -0.05) is 5.16 Å². The van der Waals surface area contributed by atoms with E-state index in [2.05, 4.69) is 5.16 Å². The quantitative estimate of drug-likeness (QED) is 0.938. The van der Waals surface area contributed by atoms with Crippen LogP contribution >= 0.6 is 0 Å². The van der Waals surface area contributed by atoms with Gasteiger partial charge in [-0.15, -0.1) is 0 Å². The fourth-order valence-electron chi connectivity index (χ4n) is 2.92. The van der Waals surface area contributed by atoms with E-state index in [1.165, 1.54) is 0 Å². The summed E-state index contributed by atoms with van der Waals surface area (Å²) in [6, 6.07) is 9.08. The minimum atomic E-state index is 0.0613. The number of hydrogen-bond donors (Lipinski definition) is 1. The van der Waals surface area contributed by atoms with Crippen molar-refractivity contribution in [2.75, 3.05) is 25.4 Å². The van der Waals surface area contributed by atoms with Crippen molar-refractivity contribution in [2.24, 2.45) is 0 Å². The van der Waals surface area contributed by atoms with Gasteiger partial charge < -0.3 is 19.9 Å². The van der Waals surface area contributed by atoms with Crippen LogP contribution in [0.3, 0.4) is 0 Å². The van der Waals surface area contributed by atoms with Gasteiger partial charge in [0.05, 0.1) is 12.3 Å². The molecule has 2 N–H and O–H groups in total. The third kappa shape index (κ3) is 3.47. The summed E-state index contributed by atoms with van der Waals surface area (Å²) in [6.07, 6.45) is 1.74. The van der Waals surface area contributed by atoms with E-state index in [9.17, 15) is 4.79 Å². The Morgan fingerprint density at radius 3 is 2.61 bits per heavy atom. The number of amides is 1. The molecule has 1 aliphatic heterocycles. The van der Waals surface area contributed by atoms with E-state index in [1.807, 2.05) is 36.1 Å². The topological polar surface area (TPSA) is 81.6 Å². The summed E-state index contributed by atoms with van der Waals surface area (Å²) in [7, 11) is 0. The van der Waals surface area contributed by atoms with Crippen LogP contribution in [-0.2, 0) is 0 Å². The standard InChI is InChI=1S/C17H21N3O3/c1-2-22-14-5-3-13(4-6-14)17(21)20-9-7-12(8-10-20)15-11-16(18)23-19-15/h3-6,11-12H,2,7-10,18H2,1H3. The largest absolute Gasteiger partial charge is 0.494 e. The number of aromatic nitrogens is 1. The van der Waals surface area contributed by atoms with Gasteiger partial charge in [-0.25, -0.2) is 0 Å². The van der Waals surface area contributed by atoms with Crippen LogP contribution in [0.4, 0.5) is 5.88 Å². The minimum absolute atomic E-state index is 0.0613. The van der Waals surface area contributed by atoms with Crippen LogP contribution in [0.2, 0.25) is 0 Å². The second-order valence-corrected chi connectivity index (χ2v) is 5.68. The fourth-order valence-corrected chi connectivity index (χ4v) is 2.92. The molecule has 23 heavy (non-hydrogen) atoms. The van der Waals surface area contributed by atoms with Gasteiger partial charge in [0.1, 0.15) is 5.75 Å². The Hall–Kier alpha value is -2.50. The first-order valence-electron chi connectivity index (χ1n) is 7.91. The number of ether oxygens (including phenoxy) is 1. The molecule has 0 aliphatic carbocycles. The lowest BCUT2D eigenvalue weighted by Gasteiger charge is -2.31. The predicted octanol–water partition coefficient (Wildman–Crippen LogP) is 2.68. The highest BCUT2D eigenvalue weighted by Crippen LogP contribution is 2.29. The number of carbonyl (C=O) groups is 1. The maximum absolute atomic E-state index is 12.5. The highest BCUT2D eigenvalue weighted by atomic mass is 16.5. The number of benzene rings is 1. The van der Waals surface area contributed by atoms with Gasteiger partial charge in [0.15, 0.2) is 0 Å². The Morgan fingerprint density at radius 1 is 1.35 bits per heavy atom. The molecule has 6 heteroatoms. The Morgan fingerprint density at radius 2 is 2.04 bits per heavy atom. The average Bonchev–Trinajstić information content (AvgIpc) is 3.02. The van der Waals surface area contributed by atoms with Crippen molar-refractivity contribution in [3.8, 4) is 5.75 Å². The number of carbonyl (C=O) groups excluding carboxylic acids is 1. The molecule has 122 valence electrons. The van der Waals surface area contributed by atoms with Gasteiger partial charge in [-0.05, 0) is 44.0 Å². The van der Waals surface area contributed by atoms with Crippen molar-refractivity contribution in [2.45, 2.75) is 25.7 Å². The second kappa shape index (κ2) is 6.73. The lowest BCUT2D eigenvalue weighted by molar-refractivity contribution is 0.0711. The average molecular weight is 315 g/mol.